The number of hydrogen-bond donors (Lipinski definition) is 1. The van der Waals surface area contributed by atoms with Crippen LogP contribution >= 0.6 is 0 Å². The maximum atomic E-state index is 11.4. The minimum absolute atomic E-state index is 0.141. The van der Waals surface area contributed by atoms with E-state index in [0.717, 1.165) is 32.2 Å². The molecule has 1 aliphatic heterocycles. The molecule has 0 saturated carbocycles. The van der Waals surface area contributed by atoms with Gasteiger partial charge in [-0.05, 0) is 25.8 Å². The van der Waals surface area contributed by atoms with Gasteiger partial charge in [0.25, 0.3) is 0 Å². The van der Waals surface area contributed by atoms with Gasteiger partial charge in [-0.25, -0.2) is 0 Å². The highest BCUT2D eigenvalue weighted by Crippen LogP contribution is 2.15. The summed E-state index contributed by atoms with van der Waals surface area (Å²) in [5.74, 6) is -0.163. The molecule has 1 N–H and O–H groups in total. The predicted molar refractivity (Wildman–Crippen MR) is 57.5 cm³/mol. The Labute approximate surface area is 91.2 Å². The molecule has 1 fully saturated rings. The van der Waals surface area contributed by atoms with E-state index in [2.05, 4.69) is 6.92 Å². The molecule has 0 amide bonds. The molecule has 88 valence electrons. The largest absolute Gasteiger partial charge is 0.465 e. The SMILES string of the molecule is CCCCOC(=O)CN1CCCC1CO. The van der Waals surface area contributed by atoms with Crippen LogP contribution in [-0.4, -0.2) is 48.3 Å². The Morgan fingerprint density at radius 1 is 1.60 bits per heavy atom. The van der Waals surface area contributed by atoms with Gasteiger partial charge in [0.1, 0.15) is 0 Å². The summed E-state index contributed by atoms with van der Waals surface area (Å²) in [6.07, 6.45) is 4.01. The molecule has 1 atom stereocenters. The maximum Gasteiger partial charge on any atom is 0.320 e. The Morgan fingerprint density at radius 3 is 3.07 bits per heavy atom. The van der Waals surface area contributed by atoms with Crippen LogP contribution in [0.5, 0.6) is 0 Å². The van der Waals surface area contributed by atoms with E-state index >= 15 is 0 Å². The molecular formula is C11H21NO3. The Hall–Kier alpha value is -0.610. The number of aliphatic hydroxyl groups excluding tert-OH is 1. The number of hydrogen-bond acceptors (Lipinski definition) is 4. The van der Waals surface area contributed by atoms with Crippen molar-refractivity contribution in [2.24, 2.45) is 0 Å². The van der Waals surface area contributed by atoms with Crippen LogP contribution in [0, 0.1) is 0 Å². The van der Waals surface area contributed by atoms with Crippen molar-refractivity contribution in [3.05, 3.63) is 0 Å². The molecule has 1 rings (SSSR count). The van der Waals surface area contributed by atoms with Crippen LogP contribution in [0.4, 0.5) is 0 Å². The van der Waals surface area contributed by atoms with E-state index in [4.69, 9.17) is 9.84 Å². The highest BCUT2D eigenvalue weighted by atomic mass is 16.5. The predicted octanol–water partition coefficient (Wildman–Crippen LogP) is 0.786. The summed E-state index contributed by atoms with van der Waals surface area (Å²) in [6, 6.07) is 0.156. The number of ether oxygens (including phenoxy) is 1. The third kappa shape index (κ3) is 4.18. The fraction of sp³-hybridized carbons (Fsp3) is 0.909. The van der Waals surface area contributed by atoms with Gasteiger partial charge >= 0.3 is 5.97 Å². The van der Waals surface area contributed by atoms with Gasteiger partial charge < -0.3 is 9.84 Å². The number of carbonyl (C=O) groups is 1. The third-order valence-corrected chi connectivity index (χ3v) is 2.80. The summed E-state index contributed by atoms with van der Waals surface area (Å²) >= 11 is 0. The van der Waals surface area contributed by atoms with Crippen molar-refractivity contribution in [3.63, 3.8) is 0 Å². The lowest BCUT2D eigenvalue weighted by atomic mass is 10.2. The highest BCUT2D eigenvalue weighted by molar-refractivity contribution is 5.71. The van der Waals surface area contributed by atoms with Gasteiger partial charge in [0.2, 0.25) is 0 Å². The summed E-state index contributed by atoms with van der Waals surface area (Å²) in [6.45, 7) is 3.95. The quantitative estimate of drug-likeness (QED) is 0.525. The fourth-order valence-electron chi connectivity index (χ4n) is 1.85. The van der Waals surface area contributed by atoms with Crippen molar-refractivity contribution in [2.45, 2.75) is 38.6 Å². The van der Waals surface area contributed by atoms with Crippen LogP contribution in [0.1, 0.15) is 32.6 Å². The van der Waals surface area contributed by atoms with E-state index in [-0.39, 0.29) is 18.6 Å². The van der Waals surface area contributed by atoms with Crippen molar-refractivity contribution in [1.29, 1.82) is 0 Å². The van der Waals surface area contributed by atoms with Gasteiger partial charge in [-0.2, -0.15) is 0 Å². The number of carbonyl (C=O) groups excluding carboxylic acids is 1. The fourth-order valence-corrected chi connectivity index (χ4v) is 1.85. The normalized spacial score (nSPS) is 21.9. The first-order chi connectivity index (χ1) is 7.27. The molecule has 0 aliphatic carbocycles. The molecule has 0 aromatic carbocycles. The Kier molecular flexibility index (Phi) is 5.65. The number of nitrogens with zero attached hydrogens (tertiary/aromatic N) is 1. The highest BCUT2D eigenvalue weighted by Gasteiger charge is 2.25. The van der Waals surface area contributed by atoms with Crippen molar-refractivity contribution in [2.75, 3.05) is 26.3 Å². The second-order valence-corrected chi connectivity index (χ2v) is 4.02. The molecule has 1 unspecified atom stereocenters. The second-order valence-electron chi connectivity index (χ2n) is 4.02. The number of rotatable bonds is 6. The minimum atomic E-state index is -0.163. The smallest absolute Gasteiger partial charge is 0.320 e. The van der Waals surface area contributed by atoms with Gasteiger partial charge in [-0.1, -0.05) is 13.3 Å². The number of unbranched alkanes of at least 4 members (excludes halogenated alkanes) is 1. The molecule has 0 spiro atoms. The first-order valence-electron chi connectivity index (χ1n) is 5.78. The molecule has 1 aliphatic rings. The average molecular weight is 215 g/mol. The van der Waals surface area contributed by atoms with Crippen LogP contribution in [0.2, 0.25) is 0 Å². The van der Waals surface area contributed by atoms with E-state index in [1.807, 2.05) is 4.90 Å². The molecule has 0 aromatic rings. The van der Waals surface area contributed by atoms with Crippen LogP contribution in [0.15, 0.2) is 0 Å². The molecule has 0 bridgehead atoms. The molecule has 4 heteroatoms. The van der Waals surface area contributed by atoms with E-state index < -0.39 is 0 Å². The molecule has 0 aromatic heterocycles. The van der Waals surface area contributed by atoms with Crippen LogP contribution in [0.25, 0.3) is 0 Å². The molecule has 1 heterocycles. The van der Waals surface area contributed by atoms with Gasteiger partial charge in [0.15, 0.2) is 0 Å². The molecule has 15 heavy (non-hydrogen) atoms. The summed E-state index contributed by atoms with van der Waals surface area (Å²) in [4.78, 5) is 13.4. The Morgan fingerprint density at radius 2 is 2.40 bits per heavy atom. The van der Waals surface area contributed by atoms with Crippen LogP contribution < -0.4 is 0 Å². The topological polar surface area (TPSA) is 49.8 Å². The van der Waals surface area contributed by atoms with Crippen LogP contribution in [-0.2, 0) is 9.53 Å². The van der Waals surface area contributed by atoms with Gasteiger partial charge in [0, 0.05) is 6.04 Å². The van der Waals surface area contributed by atoms with Gasteiger partial charge in [0.05, 0.1) is 19.8 Å². The summed E-state index contributed by atoms with van der Waals surface area (Å²) < 4.78 is 5.07. The van der Waals surface area contributed by atoms with E-state index in [0.29, 0.717) is 13.2 Å². The molecule has 1 saturated heterocycles. The standard InChI is InChI=1S/C11H21NO3/c1-2-3-7-15-11(14)8-12-6-4-5-10(12)9-13/h10,13H,2-9H2,1H3. The van der Waals surface area contributed by atoms with Crippen molar-refractivity contribution >= 4 is 5.97 Å². The van der Waals surface area contributed by atoms with E-state index in [1.165, 1.54) is 0 Å². The van der Waals surface area contributed by atoms with Gasteiger partial charge in [-0.15, -0.1) is 0 Å². The van der Waals surface area contributed by atoms with E-state index in [9.17, 15) is 4.79 Å². The zero-order valence-corrected chi connectivity index (χ0v) is 9.45. The molecular weight excluding hydrogens is 194 g/mol. The van der Waals surface area contributed by atoms with Crippen molar-refractivity contribution in [3.8, 4) is 0 Å². The maximum absolute atomic E-state index is 11.4. The molecule has 4 nitrogen and oxygen atoms in total. The lowest BCUT2D eigenvalue weighted by molar-refractivity contribution is -0.145. The Bertz CT molecular complexity index is 196. The first-order valence-corrected chi connectivity index (χ1v) is 5.78. The van der Waals surface area contributed by atoms with Crippen molar-refractivity contribution < 1.29 is 14.6 Å². The van der Waals surface area contributed by atoms with Crippen molar-refractivity contribution in [1.82, 2.24) is 4.90 Å². The third-order valence-electron chi connectivity index (χ3n) is 2.80. The number of esters is 1. The first kappa shape index (κ1) is 12.5. The number of aliphatic hydroxyl groups is 1. The lowest BCUT2D eigenvalue weighted by Gasteiger charge is -2.21. The summed E-state index contributed by atoms with van der Waals surface area (Å²) in [5, 5.41) is 9.07. The lowest BCUT2D eigenvalue weighted by Crippen LogP contribution is -2.37. The zero-order valence-electron chi connectivity index (χ0n) is 9.45. The average Bonchev–Trinajstić information content (AvgIpc) is 2.65. The summed E-state index contributed by atoms with van der Waals surface area (Å²) in [7, 11) is 0. The van der Waals surface area contributed by atoms with Gasteiger partial charge in [-0.3, -0.25) is 9.69 Å². The zero-order chi connectivity index (χ0) is 11.1. The minimum Gasteiger partial charge on any atom is -0.465 e. The van der Waals surface area contributed by atoms with E-state index in [1.54, 1.807) is 0 Å². The summed E-state index contributed by atoms with van der Waals surface area (Å²) in [5.41, 5.74) is 0. The monoisotopic (exact) mass is 215 g/mol. The molecule has 0 radical (unpaired) electrons. The Balaban J connectivity index is 2.19. The number of likely N-dealkylation sites (tertiary alicyclic amines) is 1. The van der Waals surface area contributed by atoms with Crippen LogP contribution in [0.3, 0.4) is 0 Å². The second kappa shape index (κ2) is 6.80.